The summed E-state index contributed by atoms with van der Waals surface area (Å²) < 4.78 is 29.3. The molecule has 0 aromatic heterocycles. The lowest BCUT2D eigenvalue weighted by Gasteiger charge is -2.36. The van der Waals surface area contributed by atoms with Crippen LogP contribution in [0.3, 0.4) is 0 Å². The van der Waals surface area contributed by atoms with E-state index in [1.54, 1.807) is 4.31 Å². The van der Waals surface area contributed by atoms with E-state index in [0.717, 1.165) is 42.9 Å². The van der Waals surface area contributed by atoms with Crippen LogP contribution in [-0.2, 0) is 14.8 Å². The zero-order chi connectivity index (χ0) is 24.2. The molecule has 2 atom stereocenters. The van der Waals surface area contributed by atoms with Gasteiger partial charge in [0, 0.05) is 65.3 Å². The summed E-state index contributed by atoms with van der Waals surface area (Å²) in [7, 11) is -3.71. The molecule has 0 radical (unpaired) electrons. The molecule has 2 aliphatic rings. The lowest BCUT2D eigenvalue weighted by Crippen LogP contribution is -2.48. The number of hydrogen-bond donors (Lipinski definition) is 1. The highest BCUT2D eigenvalue weighted by atomic mass is 32.2. The smallest absolute Gasteiger partial charge is 0.243 e. The normalized spacial score (nSPS) is 22.7. The zero-order valence-corrected chi connectivity index (χ0v) is 21.9. The molecular formula is C25H42N4O3S. The lowest BCUT2D eigenvalue weighted by molar-refractivity contribution is -0.131. The summed E-state index contributed by atoms with van der Waals surface area (Å²) in [5, 5.41) is 3.26. The average Bonchev–Trinajstić information content (AvgIpc) is 2.72. The molecule has 7 nitrogen and oxygen atoms in total. The third kappa shape index (κ3) is 6.78. The standard InChI is InChI=1S/C25H42N4O3S/c1-19-15-22(4)25(23(5)16-19)33(31,32)29(9-6-24(30)28-10-7-26-8-11-28)13-12-27-17-20(2)14-21(3)18-27/h15-16,20-21,26H,6-14,17-18H2,1-5H3/t20-,21-/m0/s1. The number of piperazine rings is 1. The molecule has 2 aliphatic heterocycles. The molecule has 0 spiro atoms. The fourth-order valence-electron chi connectivity index (χ4n) is 5.58. The van der Waals surface area contributed by atoms with Gasteiger partial charge < -0.3 is 15.1 Å². The van der Waals surface area contributed by atoms with Gasteiger partial charge in [-0.15, -0.1) is 0 Å². The van der Waals surface area contributed by atoms with Gasteiger partial charge in [-0.3, -0.25) is 4.79 Å². The molecular weight excluding hydrogens is 436 g/mol. The van der Waals surface area contributed by atoms with Crippen molar-refractivity contribution in [1.29, 1.82) is 0 Å². The van der Waals surface area contributed by atoms with Crippen LogP contribution in [0.1, 0.15) is 43.4 Å². The summed E-state index contributed by atoms with van der Waals surface area (Å²) in [5.41, 5.74) is 2.60. The predicted octanol–water partition coefficient (Wildman–Crippen LogP) is 2.40. The Morgan fingerprint density at radius 1 is 1.03 bits per heavy atom. The van der Waals surface area contributed by atoms with Crippen LogP contribution in [0.25, 0.3) is 0 Å². The SMILES string of the molecule is Cc1cc(C)c(S(=O)(=O)N(CCC(=O)N2CCNCC2)CCN2C[C@@H](C)C[C@H](C)C2)c(C)c1. The summed E-state index contributed by atoms with van der Waals surface area (Å²) in [4.78, 5) is 17.4. The fraction of sp³-hybridized carbons (Fsp3) is 0.720. The van der Waals surface area contributed by atoms with Crippen LogP contribution in [0.15, 0.2) is 17.0 Å². The van der Waals surface area contributed by atoms with Gasteiger partial charge in [-0.25, -0.2) is 8.42 Å². The molecule has 2 heterocycles. The number of nitrogens with one attached hydrogen (secondary N) is 1. The van der Waals surface area contributed by atoms with Crippen molar-refractivity contribution in [3.8, 4) is 0 Å². The van der Waals surface area contributed by atoms with E-state index in [9.17, 15) is 13.2 Å². The van der Waals surface area contributed by atoms with Gasteiger partial charge >= 0.3 is 0 Å². The number of sulfonamides is 1. The Morgan fingerprint density at radius 3 is 2.18 bits per heavy atom. The maximum absolute atomic E-state index is 13.8. The lowest BCUT2D eigenvalue weighted by atomic mass is 9.92. The van der Waals surface area contributed by atoms with Gasteiger partial charge in [-0.1, -0.05) is 31.5 Å². The molecule has 0 bridgehead atoms. The zero-order valence-electron chi connectivity index (χ0n) is 21.1. The minimum absolute atomic E-state index is 0.0364. The van der Waals surface area contributed by atoms with Gasteiger partial charge in [0.15, 0.2) is 0 Å². The number of carbonyl (C=O) groups is 1. The van der Waals surface area contributed by atoms with E-state index in [1.165, 1.54) is 6.42 Å². The number of amides is 1. The third-order valence-corrected chi connectivity index (χ3v) is 9.06. The van der Waals surface area contributed by atoms with Crippen LogP contribution in [0.4, 0.5) is 0 Å². The number of benzene rings is 1. The molecule has 1 amide bonds. The Labute approximate surface area is 200 Å². The van der Waals surface area contributed by atoms with Gasteiger partial charge in [-0.05, 0) is 50.2 Å². The number of piperidine rings is 1. The van der Waals surface area contributed by atoms with Gasteiger partial charge in [0.05, 0.1) is 4.90 Å². The molecule has 2 saturated heterocycles. The first-order chi connectivity index (χ1) is 15.6. The largest absolute Gasteiger partial charge is 0.340 e. The van der Waals surface area contributed by atoms with Crippen molar-refractivity contribution >= 4 is 15.9 Å². The van der Waals surface area contributed by atoms with E-state index < -0.39 is 10.0 Å². The highest BCUT2D eigenvalue weighted by molar-refractivity contribution is 7.89. The molecule has 1 N–H and O–H groups in total. The summed E-state index contributed by atoms with van der Waals surface area (Å²) in [5.74, 6) is 1.28. The van der Waals surface area contributed by atoms with Crippen LogP contribution in [0.5, 0.6) is 0 Å². The first kappa shape index (κ1) is 26.1. The highest BCUT2D eigenvalue weighted by Gasteiger charge is 2.30. The highest BCUT2D eigenvalue weighted by Crippen LogP contribution is 2.26. The van der Waals surface area contributed by atoms with Crippen molar-refractivity contribution < 1.29 is 13.2 Å². The van der Waals surface area contributed by atoms with Crippen molar-refractivity contribution in [2.75, 3.05) is 58.9 Å². The van der Waals surface area contributed by atoms with E-state index in [0.29, 0.717) is 42.9 Å². The summed E-state index contributed by atoms with van der Waals surface area (Å²) in [6.45, 7) is 16.5. The fourth-order valence-corrected chi connectivity index (χ4v) is 7.42. The first-order valence-corrected chi connectivity index (χ1v) is 13.8. The molecule has 1 aromatic rings. The van der Waals surface area contributed by atoms with E-state index in [1.807, 2.05) is 37.8 Å². The molecule has 8 heteroatoms. The maximum atomic E-state index is 13.8. The van der Waals surface area contributed by atoms with E-state index in [-0.39, 0.29) is 18.9 Å². The number of aryl methyl sites for hydroxylation is 3. The molecule has 1 aromatic carbocycles. The second kappa shape index (κ2) is 11.3. The van der Waals surface area contributed by atoms with Crippen molar-refractivity contribution in [3.63, 3.8) is 0 Å². The van der Waals surface area contributed by atoms with Crippen LogP contribution in [-0.4, -0.2) is 87.3 Å². The Kier molecular flexibility index (Phi) is 8.95. The summed E-state index contributed by atoms with van der Waals surface area (Å²) in [6, 6.07) is 3.86. The van der Waals surface area contributed by atoms with Gasteiger partial charge in [0.25, 0.3) is 0 Å². The molecule has 186 valence electrons. The molecule has 3 rings (SSSR count). The number of nitrogens with zero attached hydrogens (tertiary/aromatic N) is 3. The van der Waals surface area contributed by atoms with Crippen molar-refractivity contribution in [2.24, 2.45) is 11.8 Å². The van der Waals surface area contributed by atoms with Crippen LogP contribution >= 0.6 is 0 Å². The number of carbonyl (C=O) groups excluding carboxylic acids is 1. The third-order valence-electron chi connectivity index (χ3n) is 6.86. The van der Waals surface area contributed by atoms with Crippen LogP contribution < -0.4 is 5.32 Å². The Morgan fingerprint density at radius 2 is 1.61 bits per heavy atom. The maximum Gasteiger partial charge on any atom is 0.243 e. The van der Waals surface area contributed by atoms with Gasteiger partial charge in [0.1, 0.15) is 0 Å². The van der Waals surface area contributed by atoms with E-state index >= 15 is 0 Å². The van der Waals surface area contributed by atoms with Crippen LogP contribution in [0.2, 0.25) is 0 Å². The van der Waals surface area contributed by atoms with Crippen LogP contribution in [0, 0.1) is 32.6 Å². The second-order valence-corrected chi connectivity index (χ2v) is 12.1. The minimum atomic E-state index is -3.71. The van der Waals surface area contributed by atoms with Gasteiger partial charge in [-0.2, -0.15) is 4.31 Å². The van der Waals surface area contributed by atoms with Gasteiger partial charge in [0.2, 0.25) is 15.9 Å². The monoisotopic (exact) mass is 478 g/mol. The average molecular weight is 479 g/mol. The first-order valence-electron chi connectivity index (χ1n) is 12.4. The van der Waals surface area contributed by atoms with E-state index in [2.05, 4.69) is 24.1 Å². The second-order valence-electron chi connectivity index (χ2n) is 10.2. The summed E-state index contributed by atoms with van der Waals surface area (Å²) >= 11 is 0. The predicted molar refractivity (Wildman–Crippen MR) is 133 cm³/mol. The molecule has 0 aliphatic carbocycles. The topological polar surface area (TPSA) is 73.0 Å². The number of rotatable bonds is 8. The molecule has 0 unspecified atom stereocenters. The quantitative estimate of drug-likeness (QED) is 0.621. The minimum Gasteiger partial charge on any atom is -0.340 e. The summed E-state index contributed by atoms with van der Waals surface area (Å²) in [6.07, 6.45) is 1.44. The molecule has 0 saturated carbocycles. The number of hydrogen-bond acceptors (Lipinski definition) is 5. The molecule has 33 heavy (non-hydrogen) atoms. The van der Waals surface area contributed by atoms with Crippen molar-refractivity contribution in [2.45, 2.75) is 52.4 Å². The van der Waals surface area contributed by atoms with Crippen molar-refractivity contribution in [1.82, 2.24) is 19.4 Å². The van der Waals surface area contributed by atoms with Crippen molar-refractivity contribution in [3.05, 3.63) is 28.8 Å². The Hall–Kier alpha value is -1.48. The molecule has 2 fully saturated rings. The van der Waals surface area contributed by atoms with E-state index in [4.69, 9.17) is 0 Å². The Bertz CT molecular complexity index is 895. The Balaban J connectivity index is 1.78. The number of likely N-dealkylation sites (tertiary alicyclic amines) is 1.